The number of carbonyl (C=O) groups excluding carboxylic acids is 1. The Kier molecular flexibility index (Phi) is 5.89. The van der Waals surface area contributed by atoms with Crippen molar-refractivity contribution in [1.29, 1.82) is 0 Å². The average molecular weight is 351 g/mol. The lowest BCUT2D eigenvalue weighted by Gasteiger charge is -2.13. The molecule has 0 aliphatic carbocycles. The zero-order valence-corrected chi connectivity index (χ0v) is 15.4. The van der Waals surface area contributed by atoms with Crippen LogP contribution in [0, 0.1) is 0 Å². The van der Waals surface area contributed by atoms with E-state index in [1.165, 1.54) is 0 Å². The van der Waals surface area contributed by atoms with Gasteiger partial charge in [-0.3, -0.25) is 4.79 Å². The number of aromatic nitrogens is 2. The van der Waals surface area contributed by atoms with E-state index >= 15 is 0 Å². The fourth-order valence-electron chi connectivity index (χ4n) is 3.13. The predicted octanol–water partition coefficient (Wildman–Crippen LogP) is 3.55. The summed E-state index contributed by atoms with van der Waals surface area (Å²) in [4.78, 5) is 16.5. The molecule has 136 valence electrons. The van der Waals surface area contributed by atoms with Crippen LogP contribution in [0.1, 0.15) is 31.2 Å². The number of rotatable bonds is 8. The van der Waals surface area contributed by atoms with Gasteiger partial charge < -0.3 is 14.6 Å². The minimum absolute atomic E-state index is 0.0971. The van der Waals surface area contributed by atoms with E-state index in [9.17, 15) is 4.79 Å². The Labute approximate surface area is 154 Å². The van der Waals surface area contributed by atoms with Crippen molar-refractivity contribution >= 4 is 16.9 Å². The molecule has 0 aliphatic heterocycles. The van der Waals surface area contributed by atoms with Crippen molar-refractivity contribution in [3.63, 3.8) is 0 Å². The number of nitrogens with zero attached hydrogens (tertiary/aromatic N) is 2. The highest BCUT2D eigenvalue weighted by Gasteiger charge is 2.13. The molecule has 3 aromatic rings. The van der Waals surface area contributed by atoms with Crippen LogP contribution in [0.3, 0.4) is 0 Å². The highest BCUT2D eigenvalue weighted by Crippen LogP contribution is 2.23. The molecule has 5 nitrogen and oxygen atoms in total. The molecule has 0 bridgehead atoms. The van der Waals surface area contributed by atoms with E-state index in [1.807, 2.05) is 43.3 Å². The van der Waals surface area contributed by atoms with Gasteiger partial charge in [0.2, 0.25) is 5.91 Å². The number of hydrogen-bond acceptors (Lipinski definition) is 3. The lowest BCUT2D eigenvalue weighted by Crippen LogP contribution is -2.26. The van der Waals surface area contributed by atoms with Gasteiger partial charge in [0.15, 0.2) is 0 Å². The Morgan fingerprint density at radius 2 is 1.92 bits per heavy atom. The highest BCUT2D eigenvalue weighted by atomic mass is 16.5. The molecule has 26 heavy (non-hydrogen) atoms. The van der Waals surface area contributed by atoms with Gasteiger partial charge >= 0.3 is 0 Å². The van der Waals surface area contributed by atoms with Gasteiger partial charge in [0.1, 0.15) is 11.6 Å². The Balaban J connectivity index is 1.86. The SMILES string of the molecule is CCCC(=O)NCCc1nc2ccccc2n1Cc1ccccc1OC. The van der Waals surface area contributed by atoms with Crippen LogP contribution in [-0.2, 0) is 17.8 Å². The van der Waals surface area contributed by atoms with Crippen LogP contribution >= 0.6 is 0 Å². The van der Waals surface area contributed by atoms with E-state index in [0.717, 1.165) is 34.6 Å². The van der Waals surface area contributed by atoms with Crippen molar-refractivity contribution < 1.29 is 9.53 Å². The first-order chi connectivity index (χ1) is 12.7. The van der Waals surface area contributed by atoms with E-state index in [-0.39, 0.29) is 5.91 Å². The van der Waals surface area contributed by atoms with E-state index < -0.39 is 0 Å². The summed E-state index contributed by atoms with van der Waals surface area (Å²) in [7, 11) is 1.69. The minimum atomic E-state index is 0.0971. The largest absolute Gasteiger partial charge is 0.496 e. The van der Waals surface area contributed by atoms with Crippen molar-refractivity contribution in [2.24, 2.45) is 0 Å². The summed E-state index contributed by atoms with van der Waals surface area (Å²) in [5.74, 6) is 1.93. The second-order valence-electron chi connectivity index (χ2n) is 6.26. The normalized spacial score (nSPS) is 10.8. The molecular weight excluding hydrogens is 326 g/mol. The molecule has 1 N–H and O–H groups in total. The molecule has 1 amide bonds. The number of amides is 1. The van der Waals surface area contributed by atoms with Gasteiger partial charge in [-0.2, -0.15) is 0 Å². The molecule has 0 aliphatic rings. The quantitative estimate of drug-likeness (QED) is 0.675. The summed E-state index contributed by atoms with van der Waals surface area (Å²) in [6, 6.07) is 16.1. The second kappa shape index (κ2) is 8.52. The van der Waals surface area contributed by atoms with Crippen molar-refractivity contribution in [2.75, 3.05) is 13.7 Å². The molecule has 0 atom stereocenters. The van der Waals surface area contributed by atoms with Crippen molar-refractivity contribution in [2.45, 2.75) is 32.7 Å². The van der Waals surface area contributed by atoms with Crippen molar-refractivity contribution in [1.82, 2.24) is 14.9 Å². The molecule has 3 rings (SSSR count). The number of ether oxygens (including phenoxy) is 1. The number of carbonyl (C=O) groups is 1. The molecule has 0 spiro atoms. The van der Waals surface area contributed by atoms with E-state index in [1.54, 1.807) is 7.11 Å². The Hall–Kier alpha value is -2.82. The first-order valence-corrected chi connectivity index (χ1v) is 9.05. The topological polar surface area (TPSA) is 56.2 Å². The van der Waals surface area contributed by atoms with Gasteiger partial charge in [-0.15, -0.1) is 0 Å². The van der Waals surface area contributed by atoms with Crippen LogP contribution in [0.25, 0.3) is 11.0 Å². The fourth-order valence-corrected chi connectivity index (χ4v) is 3.13. The third-order valence-electron chi connectivity index (χ3n) is 4.40. The summed E-state index contributed by atoms with van der Waals surface area (Å²) >= 11 is 0. The molecule has 0 unspecified atom stereocenters. The Morgan fingerprint density at radius 3 is 2.73 bits per heavy atom. The summed E-state index contributed by atoms with van der Waals surface area (Å²) in [5, 5.41) is 2.97. The molecule has 0 saturated carbocycles. The smallest absolute Gasteiger partial charge is 0.219 e. The second-order valence-corrected chi connectivity index (χ2v) is 6.26. The number of imidazole rings is 1. The molecule has 0 saturated heterocycles. The molecule has 1 aromatic heterocycles. The number of hydrogen-bond donors (Lipinski definition) is 1. The van der Waals surface area contributed by atoms with Crippen molar-refractivity contribution in [3.8, 4) is 5.75 Å². The summed E-state index contributed by atoms with van der Waals surface area (Å²) in [5.41, 5.74) is 3.17. The molecule has 2 aromatic carbocycles. The maximum absolute atomic E-state index is 11.7. The van der Waals surface area contributed by atoms with Crippen LogP contribution in [0.15, 0.2) is 48.5 Å². The third kappa shape index (κ3) is 4.04. The molecule has 1 heterocycles. The standard InChI is InChI=1S/C21H25N3O2/c1-3-8-21(25)22-14-13-20-23-17-10-5-6-11-18(17)24(20)15-16-9-4-7-12-19(16)26-2/h4-7,9-12H,3,8,13-15H2,1-2H3,(H,22,25). The van der Waals surface area contributed by atoms with Gasteiger partial charge in [0.05, 0.1) is 24.7 Å². The van der Waals surface area contributed by atoms with E-state index in [0.29, 0.717) is 25.9 Å². The first-order valence-electron chi connectivity index (χ1n) is 9.05. The number of fused-ring (bicyclic) bond motifs is 1. The number of para-hydroxylation sites is 3. The van der Waals surface area contributed by atoms with Gasteiger partial charge in [-0.1, -0.05) is 37.3 Å². The molecule has 5 heteroatoms. The van der Waals surface area contributed by atoms with Crippen LogP contribution < -0.4 is 10.1 Å². The molecule has 0 radical (unpaired) electrons. The number of methoxy groups -OCH3 is 1. The fraction of sp³-hybridized carbons (Fsp3) is 0.333. The van der Waals surface area contributed by atoms with Crippen molar-refractivity contribution in [3.05, 3.63) is 59.9 Å². The molecule has 0 fully saturated rings. The number of benzene rings is 2. The monoisotopic (exact) mass is 351 g/mol. The Bertz CT molecular complexity index is 886. The van der Waals surface area contributed by atoms with E-state index in [2.05, 4.69) is 22.0 Å². The summed E-state index contributed by atoms with van der Waals surface area (Å²) < 4.78 is 7.70. The van der Waals surface area contributed by atoms with Crippen LogP contribution in [0.5, 0.6) is 5.75 Å². The van der Waals surface area contributed by atoms with Crippen LogP contribution in [0.4, 0.5) is 0 Å². The first kappa shape index (κ1) is 18.0. The third-order valence-corrected chi connectivity index (χ3v) is 4.40. The van der Waals surface area contributed by atoms with Gasteiger partial charge in [-0.05, 0) is 24.6 Å². The maximum atomic E-state index is 11.7. The molecular formula is C21H25N3O2. The predicted molar refractivity (Wildman–Crippen MR) is 103 cm³/mol. The summed E-state index contributed by atoms with van der Waals surface area (Å²) in [6.07, 6.45) is 2.12. The zero-order valence-electron chi connectivity index (χ0n) is 15.4. The minimum Gasteiger partial charge on any atom is -0.496 e. The zero-order chi connectivity index (χ0) is 18.4. The van der Waals surface area contributed by atoms with Crippen LogP contribution in [0.2, 0.25) is 0 Å². The lowest BCUT2D eigenvalue weighted by atomic mass is 10.2. The number of nitrogens with one attached hydrogen (secondary N) is 1. The maximum Gasteiger partial charge on any atom is 0.219 e. The van der Waals surface area contributed by atoms with Gasteiger partial charge in [-0.25, -0.2) is 4.98 Å². The lowest BCUT2D eigenvalue weighted by molar-refractivity contribution is -0.121. The van der Waals surface area contributed by atoms with E-state index in [4.69, 9.17) is 9.72 Å². The van der Waals surface area contributed by atoms with Crippen LogP contribution in [-0.4, -0.2) is 29.1 Å². The summed E-state index contributed by atoms with van der Waals surface area (Å²) in [6.45, 7) is 3.28. The van der Waals surface area contributed by atoms with Gasteiger partial charge in [0.25, 0.3) is 0 Å². The Morgan fingerprint density at radius 1 is 1.15 bits per heavy atom. The van der Waals surface area contributed by atoms with Gasteiger partial charge in [0, 0.05) is 24.9 Å². The highest BCUT2D eigenvalue weighted by molar-refractivity contribution is 5.76. The average Bonchev–Trinajstić information content (AvgIpc) is 3.00.